The number of carboxylic acid groups (broad SMARTS) is 1. The van der Waals surface area contributed by atoms with Gasteiger partial charge < -0.3 is 25.2 Å². The van der Waals surface area contributed by atoms with Crippen molar-refractivity contribution < 1.29 is 24.2 Å². The highest BCUT2D eigenvalue weighted by Crippen LogP contribution is 2.20. The number of urea groups is 1. The maximum absolute atomic E-state index is 11.7. The quantitative estimate of drug-likeness (QED) is 0.784. The van der Waals surface area contributed by atoms with Gasteiger partial charge in [-0.3, -0.25) is 0 Å². The minimum absolute atomic E-state index is 0.0182. The minimum atomic E-state index is -1.12. The zero-order valence-electron chi connectivity index (χ0n) is 11.1. The summed E-state index contributed by atoms with van der Waals surface area (Å²) in [6.07, 6.45) is -0.164. The van der Waals surface area contributed by atoms with Gasteiger partial charge in [-0.25, -0.2) is 9.59 Å². The van der Waals surface area contributed by atoms with Gasteiger partial charge in [-0.15, -0.1) is 0 Å². The van der Waals surface area contributed by atoms with Crippen LogP contribution in [0.25, 0.3) is 0 Å². The van der Waals surface area contributed by atoms with E-state index in [9.17, 15) is 9.59 Å². The SMILES string of the molecule is O=C(NCC1COCCO1)Nc1ccc(C(=O)O)c(Cl)c1. The summed E-state index contributed by atoms with van der Waals surface area (Å²) in [4.78, 5) is 22.5. The first-order chi connectivity index (χ1) is 10.1. The molecule has 1 aliphatic rings. The monoisotopic (exact) mass is 314 g/mol. The molecule has 114 valence electrons. The molecule has 0 radical (unpaired) electrons. The standard InChI is InChI=1S/C13H15ClN2O5/c14-11-5-8(1-2-10(11)12(17)18)16-13(19)15-6-9-7-20-3-4-21-9/h1-2,5,9H,3-4,6-7H2,(H,17,18)(H2,15,16,19). The van der Waals surface area contributed by atoms with Gasteiger partial charge in [-0.2, -0.15) is 0 Å². The summed E-state index contributed by atoms with van der Waals surface area (Å²) in [5.74, 6) is -1.12. The van der Waals surface area contributed by atoms with Gasteiger partial charge in [0.15, 0.2) is 0 Å². The van der Waals surface area contributed by atoms with Crippen LogP contribution in [0.2, 0.25) is 5.02 Å². The number of carbonyl (C=O) groups excluding carboxylic acids is 1. The maximum atomic E-state index is 11.7. The Balaban J connectivity index is 1.84. The second-order valence-electron chi connectivity index (χ2n) is 4.40. The molecule has 2 rings (SSSR count). The Morgan fingerprint density at radius 2 is 2.19 bits per heavy atom. The summed E-state index contributed by atoms with van der Waals surface area (Å²) in [7, 11) is 0. The van der Waals surface area contributed by atoms with Crippen molar-refractivity contribution in [2.45, 2.75) is 6.10 Å². The fraction of sp³-hybridized carbons (Fsp3) is 0.385. The van der Waals surface area contributed by atoms with Crippen molar-refractivity contribution in [3.05, 3.63) is 28.8 Å². The summed E-state index contributed by atoms with van der Waals surface area (Å²) >= 11 is 5.82. The molecule has 0 aliphatic carbocycles. The van der Waals surface area contributed by atoms with Gasteiger partial charge in [0.2, 0.25) is 0 Å². The number of hydrogen-bond acceptors (Lipinski definition) is 4. The highest BCUT2D eigenvalue weighted by molar-refractivity contribution is 6.33. The van der Waals surface area contributed by atoms with Crippen LogP contribution in [0.15, 0.2) is 18.2 Å². The molecule has 21 heavy (non-hydrogen) atoms. The third-order valence-corrected chi connectivity index (χ3v) is 3.15. The zero-order chi connectivity index (χ0) is 15.2. The minimum Gasteiger partial charge on any atom is -0.478 e. The maximum Gasteiger partial charge on any atom is 0.337 e. The molecule has 7 nitrogen and oxygen atoms in total. The van der Waals surface area contributed by atoms with Crippen LogP contribution >= 0.6 is 11.6 Å². The van der Waals surface area contributed by atoms with Crippen molar-refractivity contribution in [2.24, 2.45) is 0 Å². The van der Waals surface area contributed by atoms with Gasteiger partial charge in [0.25, 0.3) is 0 Å². The number of hydrogen-bond donors (Lipinski definition) is 3. The molecular formula is C13H15ClN2O5. The average Bonchev–Trinajstić information content (AvgIpc) is 2.46. The Morgan fingerprint density at radius 3 is 2.81 bits per heavy atom. The van der Waals surface area contributed by atoms with Crippen molar-refractivity contribution >= 4 is 29.3 Å². The van der Waals surface area contributed by atoms with Gasteiger partial charge in [-0.05, 0) is 18.2 Å². The first kappa shape index (κ1) is 15.6. The van der Waals surface area contributed by atoms with Crippen LogP contribution in [0, 0.1) is 0 Å². The van der Waals surface area contributed by atoms with E-state index in [1.165, 1.54) is 18.2 Å². The van der Waals surface area contributed by atoms with Crippen LogP contribution in [0.1, 0.15) is 10.4 Å². The molecule has 0 bridgehead atoms. The Bertz CT molecular complexity index is 531. The summed E-state index contributed by atoms with van der Waals surface area (Å²) < 4.78 is 10.6. The summed E-state index contributed by atoms with van der Waals surface area (Å²) in [5.41, 5.74) is 0.388. The molecule has 1 atom stereocenters. The number of rotatable bonds is 4. The molecule has 1 aliphatic heterocycles. The lowest BCUT2D eigenvalue weighted by Gasteiger charge is -2.23. The van der Waals surface area contributed by atoms with Gasteiger partial charge >= 0.3 is 12.0 Å². The van der Waals surface area contributed by atoms with Crippen LogP contribution in [0.4, 0.5) is 10.5 Å². The van der Waals surface area contributed by atoms with Crippen LogP contribution in [-0.2, 0) is 9.47 Å². The van der Waals surface area contributed by atoms with Crippen LogP contribution in [0.5, 0.6) is 0 Å². The molecule has 1 aromatic carbocycles. The lowest BCUT2D eigenvalue weighted by atomic mass is 10.2. The smallest absolute Gasteiger partial charge is 0.337 e. The normalized spacial score (nSPS) is 18.0. The lowest BCUT2D eigenvalue weighted by molar-refractivity contribution is -0.0852. The molecule has 0 aromatic heterocycles. The first-order valence-corrected chi connectivity index (χ1v) is 6.71. The molecule has 0 saturated carbocycles. The third-order valence-electron chi connectivity index (χ3n) is 2.83. The van der Waals surface area contributed by atoms with Crippen LogP contribution in [-0.4, -0.2) is 49.6 Å². The Kier molecular flexibility index (Phi) is 5.38. The Hall–Kier alpha value is -1.83. The highest BCUT2D eigenvalue weighted by atomic mass is 35.5. The molecule has 8 heteroatoms. The van der Waals surface area contributed by atoms with Crippen LogP contribution < -0.4 is 10.6 Å². The predicted molar refractivity (Wildman–Crippen MR) is 76.0 cm³/mol. The van der Waals surface area contributed by atoms with Crippen molar-refractivity contribution in [3.63, 3.8) is 0 Å². The predicted octanol–water partition coefficient (Wildman–Crippen LogP) is 1.58. The topological polar surface area (TPSA) is 96.9 Å². The molecule has 1 aromatic rings. The number of benzene rings is 1. The molecule has 3 N–H and O–H groups in total. The van der Waals surface area contributed by atoms with E-state index in [2.05, 4.69) is 10.6 Å². The van der Waals surface area contributed by atoms with Gasteiger partial charge in [-0.1, -0.05) is 11.6 Å². The number of nitrogens with one attached hydrogen (secondary N) is 2. The number of ether oxygens (including phenoxy) is 2. The van der Waals surface area contributed by atoms with Crippen molar-refractivity contribution in [1.29, 1.82) is 0 Å². The molecular weight excluding hydrogens is 300 g/mol. The Morgan fingerprint density at radius 1 is 1.38 bits per heavy atom. The fourth-order valence-electron chi connectivity index (χ4n) is 1.80. The molecule has 1 heterocycles. The number of anilines is 1. The number of aromatic carboxylic acids is 1. The van der Waals surface area contributed by atoms with Crippen molar-refractivity contribution in [2.75, 3.05) is 31.7 Å². The number of amides is 2. The van der Waals surface area contributed by atoms with Crippen molar-refractivity contribution in [1.82, 2.24) is 5.32 Å². The summed E-state index contributed by atoms with van der Waals surface area (Å²) in [6.45, 7) is 1.85. The fourth-order valence-corrected chi connectivity index (χ4v) is 2.06. The second kappa shape index (κ2) is 7.26. The first-order valence-electron chi connectivity index (χ1n) is 6.33. The van der Waals surface area contributed by atoms with E-state index in [1.54, 1.807) is 0 Å². The van der Waals surface area contributed by atoms with Gasteiger partial charge in [0, 0.05) is 12.2 Å². The van der Waals surface area contributed by atoms with E-state index < -0.39 is 12.0 Å². The highest BCUT2D eigenvalue weighted by Gasteiger charge is 2.15. The molecule has 1 saturated heterocycles. The molecule has 1 unspecified atom stereocenters. The Labute approximate surface area is 126 Å². The summed E-state index contributed by atoms with van der Waals surface area (Å²) in [5, 5.41) is 14.1. The largest absolute Gasteiger partial charge is 0.478 e. The van der Waals surface area contributed by atoms with E-state index in [0.29, 0.717) is 32.1 Å². The van der Waals surface area contributed by atoms with Gasteiger partial charge in [0.1, 0.15) is 0 Å². The van der Waals surface area contributed by atoms with Crippen LogP contribution in [0.3, 0.4) is 0 Å². The second-order valence-corrected chi connectivity index (χ2v) is 4.81. The number of carboxylic acids is 1. The van der Waals surface area contributed by atoms with E-state index in [-0.39, 0.29) is 16.7 Å². The van der Waals surface area contributed by atoms with E-state index in [4.69, 9.17) is 26.2 Å². The van der Waals surface area contributed by atoms with E-state index >= 15 is 0 Å². The van der Waals surface area contributed by atoms with Gasteiger partial charge in [0.05, 0.1) is 36.5 Å². The number of carbonyl (C=O) groups is 2. The van der Waals surface area contributed by atoms with E-state index in [1.807, 2.05) is 0 Å². The number of halogens is 1. The molecule has 0 spiro atoms. The average molecular weight is 315 g/mol. The van der Waals surface area contributed by atoms with E-state index in [0.717, 1.165) is 0 Å². The molecule has 1 fully saturated rings. The summed E-state index contributed by atoms with van der Waals surface area (Å²) in [6, 6.07) is 3.75. The lowest BCUT2D eigenvalue weighted by Crippen LogP contribution is -2.41. The zero-order valence-corrected chi connectivity index (χ0v) is 11.9. The third kappa shape index (κ3) is 4.59. The molecule has 2 amide bonds. The van der Waals surface area contributed by atoms with Crippen molar-refractivity contribution in [3.8, 4) is 0 Å².